The van der Waals surface area contributed by atoms with Gasteiger partial charge < -0.3 is 10.1 Å². The normalized spacial score (nSPS) is 13.2. The number of esters is 1. The molecule has 3 aromatic heterocycles. The number of aryl methyl sites for hydroxylation is 2. The highest BCUT2D eigenvalue weighted by Gasteiger charge is 2.28. The molecule has 0 atom stereocenters. The maximum atomic E-state index is 12.9. The lowest BCUT2D eigenvalue weighted by molar-refractivity contribution is -0.116. The molecule has 0 bridgehead atoms. The number of amides is 1. The number of hydrogen-bond acceptors (Lipinski definition) is 7. The second-order valence-electron chi connectivity index (χ2n) is 7.53. The van der Waals surface area contributed by atoms with Crippen molar-refractivity contribution in [3.05, 3.63) is 42.1 Å². The van der Waals surface area contributed by atoms with Crippen molar-refractivity contribution < 1.29 is 14.3 Å². The quantitative estimate of drug-likeness (QED) is 0.441. The number of fused-ring (bicyclic) bond motifs is 2. The molecule has 4 rings (SSSR count). The molecule has 0 fully saturated rings. The van der Waals surface area contributed by atoms with Crippen LogP contribution in [0.3, 0.4) is 0 Å². The van der Waals surface area contributed by atoms with Gasteiger partial charge in [-0.05, 0) is 49.8 Å². The second kappa shape index (κ2) is 8.55. The summed E-state index contributed by atoms with van der Waals surface area (Å²) < 4.78 is 8.60. The third kappa shape index (κ3) is 3.65. The van der Waals surface area contributed by atoms with Gasteiger partial charge in [0.05, 0.1) is 12.2 Å². The average Bonchev–Trinajstić information content (AvgIpc) is 3.28. The number of anilines is 1. The predicted octanol–water partition coefficient (Wildman–Crippen LogP) is 1.84. The number of halogens is 1. The van der Waals surface area contributed by atoms with E-state index in [0.717, 1.165) is 40.7 Å². The number of carbonyl (C=O) groups is 2. The zero-order chi connectivity index (χ0) is 23.2. The summed E-state index contributed by atoms with van der Waals surface area (Å²) >= 11 is 7.58. The van der Waals surface area contributed by atoms with Crippen molar-refractivity contribution in [2.45, 2.75) is 39.2 Å². The van der Waals surface area contributed by atoms with Crippen molar-refractivity contribution in [3.63, 3.8) is 0 Å². The van der Waals surface area contributed by atoms with Gasteiger partial charge in [-0.1, -0.05) is 0 Å². The molecular weight excluding hydrogens is 458 g/mol. The first kappa shape index (κ1) is 22.3. The molecule has 0 unspecified atom stereocenters. The minimum atomic E-state index is -0.603. The fraction of sp³-hybridized carbons (Fsp3) is 0.450. The van der Waals surface area contributed by atoms with Crippen LogP contribution in [0.5, 0.6) is 0 Å². The molecule has 3 heterocycles. The van der Waals surface area contributed by atoms with E-state index in [9.17, 15) is 19.2 Å². The number of ether oxygens (including phenoxy) is 1. The predicted molar refractivity (Wildman–Crippen MR) is 121 cm³/mol. The topological polar surface area (TPSA) is 117 Å². The Balaban J connectivity index is 1.70. The van der Waals surface area contributed by atoms with Crippen LogP contribution >= 0.6 is 22.9 Å². The van der Waals surface area contributed by atoms with Crippen molar-refractivity contribution in [2.75, 3.05) is 11.9 Å². The van der Waals surface area contributed by atoms with E-state index in [2.05, 4.69) is 10.3 Å². The van der Waals surface area contributed by atoms with E-state index >= 15 is 0 Å². The first-order valence-electron chi connectivity index (χ1n) is 10.2. The Labute approximate surface area is 191 Å². The summed E-state index contributed by atoms with van der Waals surface area (Å²) in [7, 11) is 2.82. The van der Waals surface area contributed by atoms with Gasteiger partial charge in [-0.25, -0.2) is 9.59 Å². The van der Waals surface area contributed by atoms with Crippen LogP contribution in [0.15, 0.2) is 9.59 Å². The van der Waals surface area contributed by atoms with Crippen LogP contribution in [0, 0.1) is 0 Å². The van der Waals surface area contributed by atoms with E-state index in [1.54, 1.807) is 6.92 Å². The van der Waals surface area contributed by atoms with Gasteiger partial charge in [0.1, 0.15) is 11.5 Å². The summed E-state index contributed by atoms with van der Waals surface area (Å²) in [6.45, 7) is 1.65. The number of nitrogens with one attached hydrogen (secondary N) is 1. The smallest absolute Gasteiger partial charge is 0.341 e. The van der Waals surface area contributed by atoms with Crippen LogP contribution in [0.25, 0.3) is 11.2 Å². The van der Waals surface area contributed by atoms with E-state index in [4.69, 9.17) is 16.3 Å². The summed E-state index contributed by atoms with van der Waals surface area (Å²) in [6.07, 6.45) is 3.62. The molecule has 10 nitrogen and oxygen atoms in total. The number of thiophene rings is 1. The van der Waals surface area contributed by atoms with E-state index < -0.39 is 23.1 Å². The number of rotatable bonds is 5. The molecule has 0 aromatic carbocycles. The maximum Gasteiger partial charge on any atom is 0.341 e. The molecular formula is C20H22ClN5O5S. The highest BCUT2D eigenvalue weighted by Crippen LogP contribution is 2.38. The Morgan fingerprint density at radius 3 is 2.62 bits per heavy atom. The van der Waals surface area contributed by atoms with Crippen molar-refractivity contribution in [1.82, 2.24) is 18.7 Å². The Kier molecular flexibility index (Phi) is 5.95. The minimum Gasteiger partial charge on any atom is -0.462 e. The number of hydrogen-bond donors (Lipinski definition) is 1. The molecule has 170 valence electrons. The van der Waals surface area contributed by atoms with Crippen LogP contribution in [-0.2, 0) is 43.0 Å². The van der Waals surface area contributed by atoms with Gasteiger partial charge in [0.15, 0.2) is 11.2 Å². The summed E-state index contributed by atoms with van der Waals surface area (Å²) in [5, 5.41) is 3.13. The second-order valence-corrected chi connectivity index (χ2v) is 8.97. The number of imidazole rings is 1. The highest BCUT2D eigenvalue weighted by molar-refractivity contribution is 7.17. The third-order valence-corrected chi connectivity index (χ3v) is 7.00. The monoisotopic (exact) mass is 479 g/mol. The SMILES string of the molecule is CCOC(=O)c1c(NC(=O)Cn2c(Cl)nc3c2c(=O)n(C)c(=O)n3C)sc2c1CCCC2. The molecule has 0 aliphatic heterocycles. The van der Waals surface area contributed by atoms with Crippen molar-refractivity contribution in [2.24, 2.45) is 14.1 Å². The van der Waals surface area contributed by atoms with E-state index in [0.29, 0.717) is 10.6 Å². The molecule has 0 spiro atoms. The van der Waals surface area contributed by atoms with Crippen LogP contribution in [0.2, 0.25) is 5.28 Å². The Bertz CT molecular complexity index is 1370. The van der Waals surface area contributed by atoms with E-state index in [1.165, 1.54) is 34.6 Å². The largest absolute Gasteiger partial charge is 0.462 e. The van der Waals surface area contributed by atoms with Crippen molar-refractivity contribution in [3.8, 4) is 0 Å². The van der Waals surface area contributed by atoms with Crippen molar-refractivity contribution in [1.29, 1.82) is 0 Å². The lowest BCUT2D eigenvalue weighted by Gasteiger charge is -2.12. The fourth-order valence-electron chi connectivity index (χ4n) is 3.95. The highest BCUT2D eigenvalue weighted by atomic mass is 35.5. The minimum absolute atomic E-state index is 0.0471. The Morgan fingerprint density at radius 1 is 1.19 bits per heavy atom. The molecule has 1 amide bonds. The van der Waals surface area contributed by atoms with E-state index in [1.807, 2.05) is 0 Å². The van der Waals surface area contributed by atoms with Crippen LogP contribution in [0.1, 0.15) is 40.6 Å². The molecule has 3 aromatic rings. The molecule has 32 heavy (non-hydrogen) atoms. The number of nitrogens with zero attached hydrogens (tertiary/aromatic N) is 4. The molecule has 1 aliphatic carbocycles. The molecule has 1 N–H and O–H groups in total. The lowest BCUT2D eigenvalue weighted by atomic mass is 9.95. The molecule has 1 aliphatic rings. The van der Waals surface area contributed by atoms with Crippen LogP contribution < -0.4 is 16.6 Å². The summed E-state index contributed by atoms with van der Waals surface area (Å²) in [5.74, 6) is -0.941. The Hall–Kier alpha value is -2.92. The average molecular weight is 480 g/mol. The van der Waals surface area contributed by atoms with Gasteiger partial charge in [-0.15, -0.1) is 11.3 Å². The summed E-state index contributed by atoms with van der Waals surface area (Å²) in [4.78, 5) is 55.5. The lowest BCUT2D eigenvalue weighted by Crippen LogP contribution is -2.37. The zero-order valence-corrected chi connectivity index (χ0v) is 19.4. The summed E-state index contributed by atoms with van der Waals surface area (Å²) in [6, 6.07) is 0. The third-order valence-electron chi connectivity index (χ3n) is 5.51. The standard InChI is InChI=1S/C20H22ClN5O5S/c1-4-31-18(29)13-10-7-5-6-8-11(10)32-16(13)22-12(27)9-26-14-15(23-19(26)21)24(2)20(30)25(3)17(14)28/h4-9H2,1-3H3,(H,22,27). The van der Waals surface area contributed by atoms with Gasteiger partial charge >= 0.3 is 11.7 Å². The molecule has 12 heteroatoms. The van der Waals surface area contributed by atoms with Crippen LogP contribution in [0.4, 0.5) is 5.00 Å². The number of carbonyl (C=O) groups excluding carboxylic acids is 2. The molecule has 0 saturated heterocycles. The number of aromatic nitrogens is 4. The first-order valence-corrected chi connectivity index (χ1v) is 11.4. The maximum absolute atomic E-state index is 12.9. The van der Waals surface area contributed by atoms with Gasteiger partial charge in [0.25, 0.3) is 5.56 Å². The first-order chi connectivity index (χ1) is 15.2. The van der Waals surface area contributed by atoms with Gasteiger partial charge in [0.2, 0.25) is 11.2 Å². The van der Waals surface area contributed by atoms with Gasteiger partial charge in [-0.3, -0.25) is 23.3 Å². The zero-order valence-electron chi connectivity index (χ0n) is 17.9. The summed E-state index contributed by atoms with van der Waals surface area (Å²) in [5.41, 5.74) is 0.330. The van der Waals surface area contributed by atoms with E-state index in [-0.39, 0.29) is 29.6 Å². The molecule has 0 radical (unpaired) electrons. The van der Waals surface area contributed by atoms with Crippen molar-refractivity contribution >= 4 is 51.0 Å². The fourth-order valence-corrected chi connectivity index (χ4v) is 5.47. The van der Waals surface area contributed by atoms with Crippen LogP contribution in [-0.4, -0.2) is 37.2 Å². The van der Waals surface area contributed by atoms with Gasteiger partial charge in [-0.2, -0.15) is 4.98 Å². The molecule has 0 saturated carbocycles. The van der Waals surface area contributed by atoms with Gasteiger partial charge in [0, 0.05) is 19.0 Å². The Morgan fingerprint density at radius 2 is 1.91 bits per heavy atom.